The van der Waals surface area contributed by atoms with Crippen LogP contribution in [0.25, 0.3) is 0 Å². The van der Waals surface area contributed by atoms with E-state index in [1.165, 1.54) is 0 Å². The minimum atomic E-state index is -0.391. The van der Waals surface area contributed by atoms with E-state index in [0.717, 1.165) is 44.1 Å². The molecule has 0 unspecified atom stereocenters. The van der Waals surface area contributed by atoms with Gasteiger partial charge in [0.15, 0.2) is 0 Å². The fraction of sp³-hybridized carbons (Fsp3) is 0.588. The van der Waals surface area contributed by atoms with Crippen LogP contribution in [0.4, 0.5) is 16.2 Å². The van der Waals surface area contributed by atoms with Crippen LogP contribution in [0.1, 0.15) is 13.3 Å². The van der Waals surface area contributed by atoms with Crippen molar-refractivity contribution in [3.63, 3.8) is 0 Å². The molecule has 2 amide bonds. The van der Waals surface area contributed by atoms with E-state index in [-0.39, 0.29) is 6.03 Å². The maximum absolute atomic E-state index is 12.4. The van der Waals surface area contributed by atoms with Gasteiger partial charge in [0.25, 0.3) is 0 Å². The number of benzene rings is 1. The van der Waals surface area contributed by atoms with E-state index in [1.807, 2.05) is 18.2 Å². The van der Waals surface area contributed by atoms with Gasteiger partial charge in [0, 0.05) is 39.3 Å². The average Bonchev–Trinajstić information content (AvgIpc) is 3.02. The topological polar surface area (TPSA) is 59.0 Å². The number of aliphatic hydroxyl groups excluding tert-OH is 1. The van der Waals surface area contributed by atoms with Crippen LogP contribution < -0.4 is 10.2 Å². The Morgan fingerprint density at radius 3 is 2.61 bits per heavy atom. The molecule has 2 N–H and O–H groups in total. The lowest BCUT2D eigenvalue weighted by molar-refractivity contribution is 0.176. The highest BCUT2D eigenvalue weighted by molar-refractivity contribution is 5.93. The Balaban J connectivity index is 1.67. The number of amides is 2. The van der Waals surface area contributed by atoms with Gasteiger partial charge in [-0.3, -0.25) is 0 Å². The predicted octanol–water partition coefficient (Wildman–Crippen LogP) is 1.43. The van der Waals surface area contributed by atoms with Crippen molar-refractivity contribution in [2.45, 2.75) is 19.4 Å². The first-order valence-corrected chi connectivity index (χ1v) is 8.47. The van der Waals surface area contributed by atoms with E-state index in [2.05, 4.69) is 28.1 Å². The van der Waals surface area contributed by atoms with Crippen LogP contribution in [-0.2, 0) is 0 Å². The zero-order valence-corrected chi connectivity index (χ0v) is 13.7. The predicted molar refractivity (Wildman–Crippen MR) is 92.0 cm³/mol. The number of carbonyl (C=O) groups is 1. The van der Waals surface area contributed by atoms with Gasteiger partial charge < -0.3 is 25.1 Å². The Labute approximate surface area is 137 Å². The molecule has 1 aromatic carbocycles. The van der Waals surface area contributed by atoms with Crippen molar-refractivity contribution in [3.05, 3.63) is 24.3 Å². The zero-order chi connectivity index (χ0) is 16.2. The molecule has 0 radical (unpaired) electrons. The number of hydrogen-bond acceptors (Lipinski definition) is 4. The summed E-state index contributed by atoms with van der Waals surface area (Å²) in [6.07, 6.45) is 0.270. The number of β-amino-alcohol motifs (C(OH)–C–C–N with tert-alkyl or cyclic N) is 1. The standard InChI is InChI=1S/C17H26N4O2/c1-2-19-9-11-20(12-10-19)16-6-4-3-5-15(16)18-17(23)21-8-7-14(22)13-21/h3-6,14,22H,2,7-13H2,1H3,(H,18,23)/t14-/m1/s1. The number of likely N-dealkylation sites (tertiary alicyclic amines) is 1. The normalized spacial score (nSPS) is 22.4. The first kappa shape index (κ1) is 16.1. The summed E-state index contributed by atoms with van der Waals surface area (Å²) in [6.45, 7) is 8.37. The molecule has 0 aliphatic carbocycles. The number of rotatable bonds is 3. The van der Waals surface area contributed by atoms with Gasteiger partial charge in [0.2, 0.25) is 0 Å². The number of aliphatic hydroxyl groups is 1. The van der Waals surface area contributed by atoms with E-state index in [4.69, 9.17) is 0 Å². The van der Waals surface area contributed by atoms with Gasteiger partial charge >= 0.3 is 6.03 Å². The maximum Gasteiger partial charge on any atom is 0.321 e. The summed E-state index contributed by atoms with van der Waals surface area (Å²) in [5.41, 5.74) is 1.93. The largest absolute Gasteiger partial charge is 0.391 e. The molecule has 23 heavy (non-hydrogen) atoms. The highest BCUT2D eigenvalue weighted by atomic mass is 16.3. The summed E-state index contributed by atoms with van der Waals surface area (Å²) in [6, 6.07) is 7.85. The third kappa shape index (κ3) is 3.76. The van der Waals surface area contributed by atoms with Crippen LogP contribution in [-0.4, -0.2) is 72.9 Å². The quantitative estimate of drug-likeness (QED) is 0.885. The number of nitrogens with one attached hydrogen (secondary N) is 1. The van der Waals surface area contributed by atoms with Gasteiger partial charge in [-0.1, -0.05) is 19.1 Å². The van der Waals surface area contributed by atoms with Crippen molar-refractivity contribution in [1.82, 2.24) is 9.80 Å². The summed E-state index contributed by atoms with van der Waals surface area (Å²) in [5.74, 6) is 0. The third-order valence-corrected chi connectivity index (χ3v) is 4.76. The van der Waals surface area contributed by atoms with Crippen molar-refractivity contribution in [1.29, 1.82) is 0 Å². The second kappa shape index (κ2) is 7.19. The van der Waals surface area contributed by atoms with Crippen molar-refractivity contribution >= 4 is 17.4 Å². The van der Waals surface area contributed by atoms with Crippen LogP contribution in [0.15, 0.2) is 24.3 Å². The van der Waals surface area contributed by atoms with Crippen molar-refractivity contribution in [2.75, 3.05) is 56.0 Å². The summed E-state index contributed by atoms with van der Waals surface area (Å²) >= 11 is 0. The van der Waals surface area contributed by atoms with E-state index >= 15 is 0 Å². The third-order valence-electron chi connectivity index (χ3n) is 4.76. The van der Waals surface area contributed by atoms with Crippen molar-refractivity contribution in [2.24, 2.45) is 0 Å². The van der Waals surface area contributed by atoms with Gasteiger partial charge in [-0.15, -0.1) is 0 Å². The molecule has 6 heteroatoms. The molecule has 2 heterocycles. The van der Waals surface area contributed by atoms with Crippen LogP contribution >= 0.6 is 0 Å². The molecule has 0 bridgehead atoms. The fourth-order valence-electron chi connectivity index (χ4n) is 3.28. The molecule has 0 aromatic heterocycles. The molecule has 2 fully saturated rings. The lowest BCUT2D eigenvalue weighted by Gasteiger charge is -2.36. The Bertz CT molecular complexity index is 543. The molecule has 0 spiro atoms. The summed E-state index contributed by atoms with van der Waals surface area (Å²) < 4.78 is 0. The molecule has 2 aliphatic heterocycles. The molecule has 126 valence electrons. The van der Waals surface area contributed by atoms with Gasteiger partial charge in [-0.25, -0.2) is 4.79 Å². The lowest BCUT2D eigenvalue weighted by atomic mass is 10.2. The average molecular weight is 318 g/mol. The number of carbonyl (C=O) groups excluding carboxylic acids is 1. The van der Waals surface area contributed by atoms with Gasteiger partial charge in [0.05, 0.1) is 17.5 Å². The second-order valence-electron chi connectivity index (χ2n) is 6.26. The number of nitrogens with zero attached hydrogens (tertiary/aromatic N) is 3. The molecule has 1 aromatic rings. The van der Waals surface area contributed by atoms with E-state index in [1.54, 1.807) is 4.90 Å². The molecule has 0 saturated carbocycles. The second-order valence-corrected chi connectivity index (χ2v) is 6.26. The fourth-order valence-corrected chi connectivity index (χ4v) is 3.28. The Morgan fingerprint density at radius 2 is 1.96 bits per heavy atom. The monoisotopic (exact) mass is 318 g/mol. The van der Waals surface area contributed by atoms with E-state index in [0.29, 0.717) is 19.5 Å². The van der Waals surface area contributed by atoms with E-state index < -0.39 is 6.10 Å². The number of para-hydroxylation sites is 2. The lowest BCUT2D eigenvalue weighted by Crippen LogP contribution is -2.46. The van der Waals surface area contributed by atoms with Gasteiger partial charge in [0.1, 0.15) is 0 Å². The Kier molecular flexibility index (Phi) is 5.03. The molecular formula is C17H26N4O2. The maximum atomic E-state index is 12.4. The van der Waals surface area contributed by atoms with Crippen LogP contribution in [0.3, 0.4) is 0 Å². The molecule has 2 saturated heterocycles. The van der Waals surface area contributed by atoms with Crippen molar-refractivity contribution in [3.8, 4) is 0 Å². The van der Waals surface area contributed by atoms with Gasteiger partial charge in [-0.05, 0) is 25.1 Å². The van der Waals surface area contributed by atoms with Crippen LogP contribution in [0.5, 0.6) is 0 Å². The van der Waals surface area contributed by atoms with Crippen LogP contribution in [0.2, 0.25) is 0 Å². The summed E-state index contributed by atoms with van der Waals surface area (Å²) in [5, 5.41) is 12.6. The zero-order valence-electron chi connectivity index (χ0n) is 13.7. The van der Waals surface area contributed by atoms with Crippen LogP contribution in [0, 0.1) is 0 Å². The van der Waals surface area contributed by atoms with Gasteiger partial charge in [-0.2, -0.15) is 0 Å². The molecule has 3 rings (SSSR count). The summed E-state index contributed by atoms with van der Waals surface area (Å²) in [7, 11) is 0. The van der Waals surface area contributed by atoms with E-state index in [9.17, 15) is 9.90 Å². The first-order chi connectivity index (χ1) is 11.2. The smallest absolute Gasteiger partial charge is 0.321 e. The molecule has 1 atom stereocenters. The number of hydrogen-bond donors (Lipinski definition) is 2. The number of piperazine rings is 1. The highest BCUT2D eigenvalue weighted by Gasteiger charge is 2.25. The Hall–Kier alpha value is -1.79. The minimum Gasteiger partial charge on any atom is -0.391 e. The number of likely N-dealkylation sites (N-methyl/N-ethyl adjacent to an activating group) is 1. The molecular weight excluding hydrogens is 292 g/mol. The molecule has 2 aliphatic rings. The minimum absolute atomic E-state index is 0.124. The van der Waals surface area contributed by atoms with Crippen molar-refractivity contribution < 1.29 is 9.90 Å². The SMILES string of the molecule is CCN1CCN(c2ccccc2NC(=O)N2CC[C@@H](O)C2)CC1. The highest BCUT2D eigenvalue weighted by Crippen LogP contribution is 2.27. The number of anilines is 2. The first-order valence-electron chi connectivity index (χ1n) is 8.47. The summed E-state index contributed by atoms with van der Waals surface area (Å²) in [4.78, 5) is 18.8. The molecule has 6 nitrogen and oxygen atoms in total. The number of urea groups is 1. The Morgan fingerprint density at radius 1 is 1.22 bits per heavy atom.